The minimum atomic E-state index is -0.640. The van der Waals surface area contributed by atoms with Crippen LogP contribution in [0.1, 0.15) is 22.8 Å². The summed E-state index contributed by atoms with van der Waals surface area (Å²) in [5, 5.41) is 0.360. The number of methoxy groups -OCH3 is 2. The van der Waals surface area contributed by atoms with Gasteiger partial charge in [-0.15, -0.1) is 0 Å². The van der Waals surface area contributed by atoms with Gasteiger partial charge in [-0.3, -0.25) is 4.79 Å². The second-order valence-corrected chi connectivity index (χ2v) is 5.92. The molecule has 3 aromatic rings. The second-order valence-electron chi connectivity index (χ2n) is 5.92. The Morgan fingerprint density at radius 1 is 1.04 bits per heavy atom. The molecular formula is C21H21NO5. The summed E-state index contributed by atoms with van der Waals surface area (Å²) in [7, 11) is 3.11. The minimum absolute atomic E-state index is 0.0117. The van der Waals surface area contributed by atoms with Gasteiger partial charge in [0.15, 0.2) is 0 Å². The highest BCUT2D eigenvalue weighted by atomic mass is 16.5. The van der Waals surface area contributed by atoms with Crippen LogP contribution in [0.25, 0.3) is 10.9 Å². The van der Waals surface area contributed by atoms with Crippen LogP contribution in [0.15, 0.2) is 53.5 Å². The van der Waals surface area contributed by atoms with Crippen LogP contribution in [-0.2, 0) is 11.3 Å². The van der Waals surface area contributed by atoms with Crippen LogP contribution in [0.5, 0.6) is 11.5 Å². The van der Waals surface area contributed by atoms with Crippen molar-refractivity contribution >= 4 is 16.9 Å². The molecule has 0 saturated carbocycles. The maximum atomic E-state index is 12.9. The third-order valence-corrected chi connectivity index (χ3v) is 4.30. The van der Waals surface area contributed by atoms with E-state index in [1.54, 1.807) is 26.3 Å². The zero-order valence-corrected chi connectivity index (χ0v) is 15.5. The van der Waals surface area contributed by atoms with Gasteiger partial charge < -0.3 is 18.8 Å². The van der Waals surface area contributed by atoms with E-state index in [1.165, 1.54) is 7.11 Å². The number of rotatable bonds is 6. The van der Waals surface area contributed by atoms with Crippen LogP contribution in [0.2, 0.25) is 0 Å². The number of aromatic nitrogens is 1. The smallest absolute Gasteiger partial charge is 0.343 e. The molecule has 0 radical (unpaired) electrons. The molecule has 1 heterocycles. The zero-order chi connectivity index (χ0) is 19.4. The first kappa shape index (κ1) is 18.5. The number of esters is 1. The average molecular weight is 367 g/mol. The van der Waals surface area contributed by atoms with E-state index in [0.717, 1.165) is 11.3 Å². The van der Waals surface area contributed by atoms with Crippen molar-refractivity contribution < 1.29 is 19.0 Å². The largest absolute Gasteiger partial charge is 0.497 e. The van der Waals surface area contributed by atoms with Gasteiger partial charge in [0.2, 0.25) is 5.43 Å². The van der Waals surface area contributed by atoms with E-state index in [9.17, 15) is 9.59 Å². The second kappa shape index (κ2) is 7.95. The van der Waals surface area contributed by atoms with Crippen molar-refractivity contribution in [2.75, 3.05) is 20.8 Å². The maximum Gasteiger partial charge on any atom is 0.343 e. The lowest BCUT2D eigenvalue weighted by Crippen LogP contribution is -2.21. The van der Waals surface area contributed by atoms with Gasteiger partial charge in [0.05, 0.1) is 31.7 Å². The Kier molecular flexibility index (Phi) is 5.45. The molecule has 0 fully saturated rings. The fourth-order valence-electron chi connectivity index (χ4n) is 2.99. The molecule has 1 aromatic heterocycles. The van der Waals surface area contributed by atoms with Crippen LogP contribution in [0.3, 0.4) is 0 Å². The van der Waals surface area contributed by atoms with Gasteiger partial charge >= 0.3 is 5.97 Å². The lowest BCUT2D eigenvalue weighted by Gasteiger charge is -2.15. The molecule has 3 rings (SSSR count). The van der Waals surface area contributed by atoms with Crippen molar-refractivity contribution in [3.8, 4) is 11.5 Å². The van der Waals surface area contributed by atoms with Crippen LogP contribution in [-0.4, -0.2) is 31.4 Å². The minimum Gasteiger partial charge on any atom is -0.497 e. The number of nitrogens with zero attached hydrogens (tertiary/aromatic N) is 1. The monoisotopic (exact) mass is 367 g/mol. The normalized spacial score (nSPS) is 10.6. The van der Waals surface area contributed by atoms with Crippen LogP contribution >= 0.6 is 0 Å². The number of ether oxygens (including phenoxy) is 3. The van der Waals surface area contributed by atoms with Crippen molar-refractivity contribution in [2.24, 2.45) is 0 Å². The molecule has 0 atom stereocenters. The fourth-order valence-corrected chi connectivity index (χ4v) is 2.99. The van der Waals surface area contributed by atoms with Crippen LogP contribution < -0.4 is 14.9 Å². The van der Waals surface area contributed by atoms with Gasteiger partial charge in [-0.2, -0.15) is 0 Å². The van der Waals surface area contributed by atoms with Crippen molar-refractivity contribution in [1.82, 2.24) is 4.57 Å². The Bertz CT molecular complexity index is 1020. The summed E-state index contributed by atoms with van der Waals surface area (Å²) < 4.78 is 17.5. The van der Waals surface area contributed by atoms with Gasteiger partial charge in [-0.1, -0.05) is 18.2 Å². The average Bonchev–Trinajstić information content (AvgIpc) is 2.70. The third-order valence-electron chi connectivity index (χ3n) is 4.30. The predicted octanol–water partition coefficient (Wildman–Crippen LogP) is 3.24. The molecule has 0 aliphatic carbocycles. The molecule has 0 unspecified atom stereocenters. The van der Waals surface area contributed by atoms with Gasteiger partial charge in [0, 0.05) is 12.7 Å². The van der Waals surface area contributed by atoms with Gasteiger partial charge in [-0.05, 0) is 36.8 Å². The number of fused-ring (bicyclic) bond motifs is 1. The van der Waals surface area contributed by atoms with E-state index in [4.69, 9.17) is 14.2 Å². The lowest BCUT2D eigenvalue weighted by molar-refractivity contribution is 0.0524. The molecule has 0 N–H and O–H groups in total. The highest BCUT2D eigenvalue weighted by Gasteiger charge is 2.19. The summed E-state index contributed by atoms with van der Waals surface area (Å²) in [5.74, 6) is 0.545. The standard InChI is InChI=1S/C21H21NO5/c1-4-27-21(24)16-13-22(12-14-8-10-15(25-2)11-9-14)17-6-5-7-18(26-3)19(17)20(16)23/h5-11,13H,4,12H2,1-3H3. The highest BCUT2D eigenvalue weighted by molar-refractivity contribution is 5.95. The van der Waals surface area contributed by atoms with Gasteiger partial charge in [0.25, 0.3) is 0 Å². The predicted molar refractivity (Wildman–Crippen MR) is 103 cm³/mol. The maximum absolute atomic E-state index is 12.9. The molecule has 6 heteroatoms. The highest BCUT2D eigenvalue weighted by Crippen LogP contribution is 2.24. The summed E-state index contributed by atoms with van der Waals surface area (Å²) in [4.78, 5) is 25.2. The number of carbonyl (C=O) groups excluding carboxylic acids is 1. The molecule has 0 amide bonds. The molecule has 0 saturated heterocycles. The first-order valence-corrected chi connectivity index (χ1v) is 8.59. The van der Waals surface area contributed by atoms with E-state index < -0.39 is 11.4 Å². The van der Waals surface area contributed by atoms with E-state index in [2.05, 4.69) is 0 Å². The Hall–Kier alpha value is -3.28. The number of benzene rings is 2. The van der Waals surface area contributed by atoms with Crippen molar-refractivity contribution in [3.05, 3.63) is 70.0 Å². The van der Waals surface area contributed by atoms with Crippen LogP contribution in [0, 0.1) is 0 Å². The summed E-state index contributed by atoms with van der Waals surface area (Å²) in [6, 6.07) is 13.0. The summed E-state index contributed by atoms with van der Waals surface area (Å²) in [6.07, 6.45) is 1.55. The van der Waals surface area contributed by atoms with Gasteiger partial charge in [0.1, 0.15) is 17.1 Å². The van der Waals surface area contributed by atoms with E-state index in [0.29, 0.717) is 23.2 Å². The van der Waals surface area contributed by atoms with Gasteiger partial charge in [-0.25, -0.2) is 4.79 Å². The topological polar surface area (TPSA) is 66.8 Å². The molecule has 6 nitrogen and oxygen atoms in total. The Morgan fingerprint density at radius 3 is 2.41 bits per heavy atom. The Morgan fingerprint density at radius 2 is 1.78 bits per heavy atom. The molecule has 0 aliphatic rings. The molecule has 27 heavy (non-hydrogen) atoms. The number of pyridine rings is 1. The summed E-state index contributed by atoms with van der Waals surface area (Å²) in [6.45, 7) is 2.37. The van der Waals surface area contributed by atoms with E-state index >= 15 is 0 Å². The zero-order valence-electron chi connectivity index (χ0n) is 15.5. The quantitative estimate of drug-likeness (QED) is 0.626. The first-order chi connectivity index (χ1) is 13.1. The van der Waals surface area contributed by atoms with Crippen LogP contribution in [0.4, 0.5) is 0 Å². The SMILES string of the molecule is CCOC(=O)c1cn(Cc2ccc(OC)cc2)c2cccc(OC)c2c1=O. The molecule has 0 bridgehead atoms. The number of hydrogen-bond acceptors (Lipinski definition) is 5. The van der Waals surface area contributed by atoms with E-state index in [-0.39, 0.29) is 12.2 Å². The fraction of sp³-hybridized carbons (Fsp3) is 0.238. The summed E-state index contributed by atoms with van der Waals surface area (Å²) in [5.41, 5.74) is 1.27. The Labute approximate surface area is 156 Å². The first-order valence-electron chi connectivity index (χ1n) is 8.59. The molecule has 0 aliphatic heterocycles. The van der Waals surface area contributed by atoms with Crippen molar-refractivity contribution in [3.63, 3.8) is 0 Å². The van der Waals surface area contributed by atoms with Crippen molar-refractivity contribution in [2.45, 2.75) is 13.5 Å². The molecule has 0 spiro atoms. The van der Waals surface area contributed by atoms with Crippen molar-refractivity contribution in [1.29, 1.82) is 0 Å². The number of carbonyl (C=O) groups is 1. The molecule has 140 valence electrons. The Balaban J connectivity index is 2.19. The van der Waals surface area contributed by atoms with E-state index in [1.807, 2.05) is 41.0 Å². The third kappa shape index (κ3) is 3.65. The molecule has 2 aromatic carbocycles. The molecular weight excluding hydrogens is 346 g/mol. The number of hydrogen-bond donors (Lipinski definition) is 0. The lowest BCUT2D eigenvalue weighted by atomic mass is 10.1. The summed E-state index contributed by atoms with van der Waals surface area (Å²) >= 11 is 0.